The zero-order valence-corrected chi connectivity index (χ0v) is 24.0. The number of amides is 1. The van der Waals surface area contributed by atoms with E-state index in [2.05, 4.69) is 11.6 Å². The minimum absolute atomic E-state index is 0.0174. The number of cyclic esters (lactones) is 1. The third kappa shape index (κ3) is 6.47. The summed E-state index contributed by atoms with van der Waals surface area (Å²) in [5, 5.41) is 0. The molecule has 1 aromatic heterocycles. The number of carbonyl (C=O) groups excluding carboxylic acids is 1. The number of carbonyl (C=O) groups is 1. The molecule has 0 aliphatic carbocycles. The number of pyridine rings is 1. The SMILES string of the molecule is C=C(C)c1ccc(-c2cc(C(C)C)c(F)cc2OC)c(CN2C(=O)O[C@H](c3cc(C(F)(F)F)cc(C(F)(F)F)c3)[C@@H]2C)n1. The molecule has 3 aromatic rings. The molecule has 0 spiro atoms. The molecule has 2 atom stereocenters. The molecule has 43 heavy (non-hydrogen) atoms. The molecule has 2 aromatic carbocycles. The Kier molecular flexibility index (Phi) is 8.54. The molecular formula is C31H29F7N2O3. The lowest BCUT2D eigenvalue weighted by atomic mass is 9.94. The fourth-order valence-electron chi connectivity index (χ4n) is 4.96. The Morgan fingerprint density at radius 1 is 1.02 bits per heavy atom. The number of aromatic nitrogens is 1. The van der Waals surface area contributed by atoms with Gasteiger partial charge in [-0.2, -0.15) is 26.3 Å². The standard InChI is InChI=1S/C31H29F7N2O3/c1-15(2)22-12-23(27(42-6)13-24(22)32)21-7-8-25(16(3)4)39-26(21)14-40-17(5)28(43-29(40)41)18-9-19(30(33,34)35)11-20(10-18)31(36,37)38/h7-13,15,17,28H,3,14H2,1-2,4-6H3/t17-,28-/m0/s1. The molecule has 5 nitrogen and oxygen atoms in total. The number of benzene rings is 2. The molecule has 0 saturated carbocycles. The second-order valence-corrected chi connectivity index (χ2v) is 10.7. The van der Waals surface area contributed by atoms with Gasteiger partial charge in [-0.05, 0) is 66.8 Å². The van der Waals surface area contributed by atoms with Crippen LogP contribution in [0.2, 0.25) is 0 Å². The summed E-state index contributed by atoms with van der Waals surface area (Å²) in [6.45, 7) is 10.5. The first kappa shape index (κ1) is 31.8. The van der Waals surface area contributed by atoms with Crippen molar-refractivity contribution in [3.63, 3.8) is 0 Å². The Morgan fingerprint density at radius 2 is 1.63 bits per heavy atom. The van der Waals surface area contributed by atoms with Crippen LogP contribution in [-0.4, -0.2) is 29.1 Å². The highest BCUT2D eigenvalue weighted by Crippen LogP contribution is 2.42. The van der Waals surface area contributed by atoms with Crippen molar-refractivity contribution >= 4 is 11.7 Å². The second-order valence-electron chi connectivity index (χ2n) is 10.7. The minimum atomic E-state index is -5.06. The van der Waals surface area contributed by atoms with Crippen molar-refractivity contribution in [2.75, 3.05) is 7.11 Å². The molecule has 230 valence electrons. The van der Waals surface area contributed by atoms with Crippen molar-refractivity contribution in [3.8, 4) is 16.9 Å². The maximum atomic E-state index is 14.8. The van der Waals surface area contributed by atoms with Crippen LogP contribution in [0.25, 0.3) is 16.7 Å². The van der Waals surface area contributed by atoms with Crippen LogP contribution in [0.4, 0.5) is 35.5 Å². The van der Waals surface area contributed by atoms with Gasteiger partial charge in [-0.25, -0.2) is 9.18 Å². The van der Waals surface area contributed by atoms with E-state index in [0.29, 0.717) is 45.8 Å². The fourth-order valence-corrected chi connectivity index (χ4v) is 4.96. The summed E-state index contributed by atoms with van der Waals surface area (Å²) in [5.74, 6) is -0.451. The molecule has 4 rings (SSSR count). The van der Waals surface area contributed by atoms with E-state index in [4.69, 9.17) is 9.47 Å². The third-order valence-corrected chi connectivity index (χ3v) is 7.29. The monoisotopic (exact) mass is 610 g/mol. The topological polar surface area (TPSA) is 51.7 Å². The van der Waals surface area contributed by atoms with E-state index >= 15 is 0 Å². The second kappa shape index (κ2) is 11.5. The average molecular weight is 611 g/mol. The van der Waals surface area contributed by atoms with Crippen LogP contribution in [0.15, 0.2) is 49.0 Å². The number of methoxy groups -OCH3 is 1. The van der Waals surface area contributed by atoms with Crippen molar-refractivity contribution in [2.45, 2.75) is 64.7 Å². The van der Waals surface area contributed by atoms with Gasteiger partial charge in [0.15, 0.2) is 0 Å². The molecular weight excluding hydrogens is 581 g/mol. The van der Waals surface area contributed by atoms with Crippen LogP contribution < -0.4 is 4.74 Å². The van der Waals surface area contributed by atoms with Gasteiger partial charge in [0.05, 0.1) is 42.2 Å². The predicted molar refractivity (Wildman–Crippen MR) is 146 cm³/mol. The van der Waals surface area contributed by atoms with Crippen molar-refractivity contribution < 1.29 is 45.0 Å². The summed E-state index contributed by atoms with van der Waals surface area (Å²) in [5.41, 5.74) is -0.722. The predicted octanol–water partition coefficient (Wildman–Crippen LogP) is 9.17. The van der Waals surface area contributed by atoms with Gasteiger partial charge in [-0.1, -0.05) is 26.5 Å². The quantitative estimate of drug-likeness (QED) is 0.250. The summed E-state index contributed by atoms with van der Waals surface area (Å²) >= 11 is 0. The number of alkyl halides is 6. The number of allylic oxidation sites excluding steroid dienone is 1. The number of halogens is 7. The molecule has 0 bridgehead atoms. The highest BCUT2D eigenvalue weighted by molar-refractivity contribution is 5.76. The molecule has 1 aliphatic heterocycles. The maximum absolute atomic E-state index is 14.8. The smallest absolute Gasteiger partial charge is 0.416 e. The normalized spacial score (nSPS) is 17.4. The molecule has 0 radical (unpaired) electrons. The first-order valence-corrected chi connectivity index (χ1v) is 13.2. The fraction of sp³-hybridized carbons (Fsp3) is 0.355. The molecule has 1 aliphatic rings. The lowest BCUT2D eigenvalue weighted by Crippen LogP contribution is -2.32. The molecule has 1 fully saturated rings. The maximum Gasteiger partial charge on any atom is 0.416 e. The van der Waals surface area contributed by atoms with E-state index in [0.717, 1.165) is 0 Å². The van der Waals surface area contributed by atoms with Crippen molar-refractivity contribution in [1.29, 1.82) is 0 Å². The van der Waals surface area contributed by atoms with Crippen molar-refractivity contribution in [1.82, 2.24) is 9.88 Å². The number of nitrogens with zero attached hydrogens (tertiary/aromatic N) is 2. The highest BCUT2D eigenvalue weighted by Gasteiger charge is 2.43. The van der Waals surface area contributed by atoms with E-state index in [1.54, 1.807) is 25.1 Å². The molecule has 1 amide bonds. The van der Waals surface area contributed by atoms with Crippen molar-refractivity contribution in [2.24, 2.45) is 0 Å². The van der Waals surface area contributed by atoms with Crippen molar-refractivity contribution in [3.05, 3.63) is 88.5 Å². The molecule has 1 saturated heterocycles. The van der Waals surface area contributed by atoms with Crippen LogP contribution in [0.3, 0.4) is 0 Å². The van der Waals surface area contributed by atoms with Crippen LogP contribution in [-0.2, 0) is 23.6 Å². The Balaban J connectivity index is 1.80. The summed E-state index contributed by atoms with van der Waals surface area (Å²) < 4.78 is 107. The molecule has 0 N–H and O–H groups in total. The first-order valence-electron chi connectivity index (χ1n) is 13.2. The Bertz CT molecular complexity index is 1530. The van der Waals surface area contributed by atoms with Crippen LogP contribution >= 0.6 is 0 Å². The lowest BCUT2D eigenvalue weighted by molar-refractivity contribution is -0.143. The third-order valence-electron chi connectivity index (χ3n) is 7.29. The number of ether oxygens (including phenoxy) is 2. The van der Waals surface area contributed by atoms with E-state index in [1.165, 1.54) is 25.0 Å². The van der Waals surface area contributed by atoms with Gasteiger partial charge in [-0.3, -0.25) is 9.88 Å². The Labute approximate surface area is 243 Å². The number of rotatable bonds is 7. The number of hydrogen-bond acceptors (Lipinski definition) is 4. The van der Waals surface area contributed by atoms with Gasteiger partial charge >= 0.3 is 18.4 Å². The zero-order valence-electron chi connectivity index (χ0n) is 24.0. The van der Waals surface area contributed by atoms with Gasteiger partial charge in [0.25, 0.3) is 0 Å². The Hall–Kier alpha value is -4.09. The van der Waals surface area contributed by atoms with Gasteiger partial charge in [0.1, 0.15) is 17.7 Å². The Morgan fingerprint density at radius 3 is 2.14 bits per heavy atom. The molecule has 2 heterocycles. The van der Waals surface area contributed by atoms with E-state index in [1.807, 2.05) is 13.8 Å². The summed E-state index contributed by atoms with van der Waals surface area (Å²) in [6.07, 6.45) is -12.5. The van der Waals surface area contributed by atoms with Gasteiger partial charge in [-0.15, -0.1) is 0 Å². The summed E-state index contributed by atoms with van der Waals surface area (Å²) in [7, 11) is 1.37. The minimum Gasteiger partial charge on any atom is -0.496 e. The van der Waals surface area contributed by atoms with Crippen LogP contribution in [0, 0.1) is 5.82 Å². The average Bonchev–Trinajstić information content (AvgIpc) is 3.19. The first-order chi connectivity index (χ1) is 19.9. The lowest BCUT2D eigenvalue weighted by Gasteiger charge is -2.24. The van der Waals surface area contributed by atoms with Gasteiger partial charge in [0, 0.05) is 17.2 Å². The summed E-state index contributed by atoms with van der Waals surface area (Å²) in [6, 6.07) is 6.40. The number of hydrogen-bond donors (Lipinski definition) is 0. The van der Waals surface area contributed by atoms with Gasteiger partial charge < -0.3 is 9.47 Å². The van der Waals surface area contributed by atoms with E-state index in [9.17, 15) is 35.5 Å². The van der Waals surface area contributed by atoms with E-state index in [-0.39, 0.29) is 24.3 Å². The molecule has 12 heteroatoms. The largest absolute Gasteiger partial charge is 0.496 e. The zero-order chi connectivity index (χ0) is 32.0. The molecule has 0 unspecified atom stereocenters. The van der Waals surface area contributed by atoms with E-state index < -0.39 is 53.1 Å². The van der Waals surface area contributed by atoms with Crippen LogP contribution in [0.1, 0.15) is 73.4 Å². The van der Waals surface area contributed by atoms with Gasteiger partial charge in [0.2, 0.25) is 0 Å². The highest BCUT2D eigenvalue weighted by atomic mass is 19.4. The van der Waals surface area contributed by atoms with Crippen LogP contribution in [0.5, 0.6) is 5.75 Å². The summed E-state index contributed by atoms with van der Waals surface area (Å²) in [4.78, 5) is 18.9.